The number of nitrogens with zero attached hydrogens (tertiary/aromatic N) is 2. The number of hydrogen-bond acceptors (Lipinski definition) is 8. The van der Waals surface area contributed by atoms with Crippen molar-refractivity contribution in [2.75, 3.05) is 11.8 Å². The zero-order valence-corrected chi connectivity index (χ0v) is 19.0. The average molecular weight is 494 g/mol. The number of anilines is 1. The third kappa shape index (κ3) is 5.54. The molecule has 0 bridgehead atoms. The molecular formula is C21H20F2N4O6S. The van der Waals surface area contributed by atoms with E-state index in [0.717, 1.165) is 12.1 Å². The molecule has 1 unspecified atom stereocenters. The van der Waals surface area contributed by atoms with Gasteiger partial charge in [0.05, 0.1) is 7.11 Å². The normalized spacial score (nSPS) is 12.3. The van der Waals surface area contributed by atoms with Crippen LogP contribution in [0.2, 0.25) is 0 Å². The maximum Gasteiger partial charge on any atom is 0.328 e. The molecule has 13 heteroatoms. The van der Waals surface area contributed by atoms with E-state index in [2.05, 4.69) is 24.9 Å². The highest BCUT2D eigenvalue weighted by Gasteiger charge is 2.28. The van der Waals surface area contributed by atoms with Crippen LogP contribution in [-0.2, 0) is 19.6 Å². The van der Waals surface area contributed by atoms with Crippen molar-refractivity contribution >= 4 is 27.6 Å². The van der Waals surface area contributed by atoms with Crippen LogP contribution >= 0.6 is 0 Å². The number of halogens is 2. The number of nitrogens with one attached hydrogen (secondary N) is 2. The van der Waals surface area contributed by atoms with Crippen LogP contribution in [0.15, 0.2) is 51.9 Å². The molecule has 0 aliphatic carbocycles. The number of carbonyl (C=O) groups is 2. The van der Waals surface area contributed by atoms with Crippen molar-refractivity contribution in [2.45, 2.75) is 24.8 Å². The fraction of sp³-hybridized carbons (Fsp3) is 0.238. The van der Waals surface area contributed by atoms with Gasteiger partial charge in [0.15, 0.2) is 0 Å². The Morgan fingerprint density at radius 1 is 1.09 bits per heavy atom. The van der Waals surface area contributed by atoms with Crippen LogP contribution in [0.5, 0.6) is 0 Å². The number of carbonyl (C=O) groups excluding carboxylic acids is 2. The van der Waals surface area contributed by atoms with Crippen molar-refractivity contribution in [1.82, 2.24) is 15.5 Å². The van der Waals surface area contributed by atoms with Crippen LogP contribution in [0, 0.1) is 17.6 Å². The van der Waals surface area contributed by atoms with Crippen LogP contribution < -0.4 is 10.0 Å². The first-order chi connectivity index (χ1) is 16.0. The van der Waals surface area contributed by atoms with E-state index in [1.807, 2.05) is 0 Å². The minimum Gasteiger partial charge on any atom is -0.467 e. The molecule has 34 heavy (non-hydrogen) atoms. The molecule has 0 aliphatic heterocycles. The molecule has 3 aromatic rings. The molecule has 0 fully saturated rings. The molecule has 1 amide bonds. The number of amides is 1. The summed E-state index contributed by atoms with van der Waals surface area (Å²) in [4.78, 5) is 27.5. The lowest BCUT2D eigenvalue weighted by atomic mass is 10.0. The third-order valence-corrected chi connectivity index (χ3v) is 6.02. The lowest BCUT2D eigenvalue weighted by Crippen LogP contribution is -2.45. The van der Waals surface area contributed by atoms with E-state index in [-0.39, 0.29) is 23.3 Å². The van der Waals surface area contributed by atoms with E-state index >= 15 is 0 Å². The molecule has 180 valence electrons. The second kappa shape index (κ2) is 9.95. The molecule has 10 nitrogen and oxygen atoms in total. The van der Waals surface area contributed by atoms with Crippen molar-refractivity contribution in [3.05, 3.63) is 60.0 Å². The lowest BCUT2D eigenvalue weighted by molar-refractivity contribution is -0.144. The molecule has 2 N–H and O–H groups in total. The van der Waals surface area contributed by atoms with Gasteiger partial charge in [-0.15, -0.1) is 0 Å². The van der Waals surface area contributed by atoms with Crippen LogP contribution in [0.4, 0.5) is 14.5 Å². The van der Waals surface area contributed by atoms with E-state index < -0.39 is 44.5 Å². The SMILES string of the molecule is COC(=O)C(NC(=O)c1nc(-c2ccc(NS(=O)(=O)c3ccc(F)cc3F)cc2)no1)C(C)C. The highest BCUT2D eigenvalue weighted by Crippen LogP contribution is 2.23. The summed E-state index contributed by atoms with van der Waals surface area (Å²) in [6.07, 6.45) is 0. The van der Waals surface area contributed by atoms with Gasteiger partial charge in [-0.05, 0) is 42.3 Å². The number of hydrogen-bond donors (Lipinski definition) is 2. The number of methoxy groups -OCH3 is 1. The van der Waals surface area contributed by atoms with Gasteiger partial charge >= 0.3 is 17.8 Å². The number of ether oxygens (including phenoxy) is 1. The van der Waals surface area contributed by atoms with Gasteiger partial charge in [-0.1, -0.05) is 19.0 Å². The number of esters is 1. The van der Waals surface area contributed by atoms with Crippen LogP contribution in [-0.4, -0.2) is 43.6 Å². The molecular weight excluding hydrogens is 474 g/mol. The van der Waals surface area contributed by atoms with E-state index in [1.165, 1.54) is 31.4 Å². The number of sulfonamides is 1. The number of rotatable bonds is 8. The quantitative estimate of drug-likeness (QED) is 0.456. The fourth-order valence-electron chi connectivity index (χ4n) is 2.85. The monoisotopic (exact) mass is 494 g/mol. The van der Waals surface area contributed by atoms with Gasteiger partial charge in [0.1, 0.15) is 22.6 Å². The second-order valence-electron chi connectivity index (χ2n) is 7.40. The molecule has 0 radical (unpaired) electrons. The number of aromatic nitrogens is 2. The van der Waals surface area contributed by atoms with Crippen molar-refractivity contribution in [3.8, 4) is 11.4 Å². The topological polar surface area (TPSA) is 140 Å². The number of benzene rings is 2. The lowest BCUT2D eigenvalue weighted by Gasteiger charge is -2.18. The Kier molecular flexibility index (Phi) is 7.25. The smallest absolute Gasteiger partial charge is 0.328 e. The molecule has 3 rings (SSSR count). The first-order valence-electron chi connectivity index (χ1n) is 9.82. The summed E-state index contributed by atoms with van der Waals surface area (Å²) in [5.41, 5.74) is 0.471. The molecule has 0 aliphatic rings. The first kappa shape index (κ1) is 24.8. The summed E-state index contributed by atoms with van der Waals surface area (Å²) >= 11 is 0. The summed E-state index contributed by atoms with van der Waals surface area (Å²) in [5.74, 6) is -4.13. The van der Waals surface area contributed by atoms with Gasteiger partial charge in [-0.25, -0.2) is 22.0 Å². The van der Waals surface area contributed by atoms with Crippen molar-refractivity contribution in [2.24, 2.45) is 5.92 Å². The van der Waals surface area contributed by atoms with Crippen molar-refractivity contribution in [1.29, 1.82) is 0 Å². The van der Waals surface area contributed by atoms with Crippen molar-refractivity contribution < 1.29 is 36.0 Å². The molecule has 0 saturated heterocycles. The van der Waals surface area contributed by atoms with E-state index in [1.54, 1.807) is 13.8 Å². The van der Waals surface area contributed by atoms with Crippen LogP contribution in [0.1, 0.15) is 24.5 Å². The Bertz CT molecular complexity index is 1310. The minimum absolute atomic E-state index is 0.0308. The van der Waals surface area contributed by atoms with E-state index in [4.69, 9.17) is 4.52 Å². The van der Waals surface area contributed by atoms with Gasteiger partial charge < -0.3 is 14.6 Å². The average Bonchev–Trinajstić information content (AvgIpc) is 3.27. The molecule has 1 heterocycles. The molecule has 0 spiro atoms. The molecule has 1 atom stereocenters. The summed E-state index contributed by atoms with van der Waals surface area (Å²) in [6, 6.07) is 6.80. The maximum absolute atomic E-state index is 13.8. The first-order valence-corrected chi connectivity index (χ1v) is 11.3. The second-order valence-corrected chi connectivity index (χ2v) is 9.05. The zero-order valence-electron chi connectivity index (χ0n) is 18.2. The maximum atomic E-state index is 13.8. The van der Waals surface area contributed by atoms with Gasteiger partial charge in [0.2, 0.25) is 5.82 Å². The Labute approximate surface area is 193 Å². The zero-order chi connectivity index (χ0) is 25.0. The van der Waals surface area contributed by atoms with Crippen LogP contribution in [0.3, 0.4) is 0 Å². The van der Waals surface area contributed by atoms with E-state index in [9.17, 15) is 26.8 Å². The third-order valence-electron chi connectivity index (χ3n) is 4.61. The Morgan fingerprint density at radius 3 is 2.35 bits per heavy atom. The molecule has 1 aromatic heterocycles. The summed E-state index contributed by atoms with van der Waals surface area (Å²) in [6.45, 7) is 3.45. The van der Waals surface area contributed by atoms with Gasteiger partial charge in [0, 0.05) is 17.3 Å². The Morgan fingerprint density at radius 2 is 1.76 bits per heavy atom. The Hall–Kier alpha value is -3.87. The molecule has 2 aromatic carbocycles. The van der Waals surface area contributed by atoms with Gasteiger partial charge in [-0.2, -0.15) is 4.98 Å². The highest BCUT2D eigenvalue weighted by molar-refractivity contribution is 7.92. The predicted octanol–water partition coefficient (Wildman–Crippen LogP) is 2.74. The summed E-state index contributed by atoms with van der Waals surface area (Å²) < 4.78 is 63.5. The largest absolute Gasteiger partial charge is 0.467 e. The van der Waals surface area contributed by atoms with Crippen LogP contribution in [0.25, 0.3) is 11.4 Å². The van der Waals surface area contributed by atoms with Gasteiger partial charge in [-0.3, -0.25) is 9.52 Å². The summed E-state index contributed by atoms with van der Waals surface area (Å²) in [7, 11) is -3.10. The molecule has 0 saturated carbocycles. The summed E-state index contributed by atoms with van der Waals surface area (Å²) in [5, 5.41) is 6.18. The van der Waals surface area contributed by atoms with Gasteiger partial charge in [0.25, 0.3) is 10.0 Å². The predicted molar refractivity (Wildman–Crippen MR) is 115 cm³/mol. The standard InChI is InChI=1S/C21H20F2N4O6S/c1-11(2)17(21(29)32-3)24-19(28)20-25-18(26-33-20)12-4-7-14(8-5-12)27-34(30,31)16-9-6-13(22)10-15(16)23/h4-11,17,27H,1-3H3,(H,24,28). The fourth-order valence-corrected chi connectivity index (χ4v) is 3.97. The van der Waals surface area contributed by atoms with E-state index in [0.29, 0.717) is 11.6 Å². The highest BCUT2D eigenvalue weighted by atomic mass is 32.2. The minimum atomic E-state index is -4.31. The Balaban J connectivity index is 1.73. The van der Waals surface area contributed by atoms with Crippen molar-refractivity contribution in [3.63, 3.8) is 0 Å².